The summed E-state index contributed by atoms with van der Waals surface area (Å²) in [5.41, 5.74) is 2.50. The predicted octanol–water partition coefficient (Wildman–Crippen LogP) is 1.32. The predicted molar refractivity (Wildman–Crippen MR) is 49.1 cm³/mol. The highest BCUT2D eigenvalue weighted by Gasteiger charge is 2.15. The van der Waals surface area contributed by atoms with Gasteiger partial charge in [0.25, 0.3) is 0 Å². The number of ether oxygens (including phenoxy) is 2. The minimum atomic E-state index is 0.790. The molecule has 0 fully saturated rings. The molecule has 1 aromatic carbocycles. The lowest BCUT2D eigenvalue weighted by Gasteiger charge is -2.09. The molecule has 0 atom stereocenters. The van der Waals surface area contributed by atoms with E-state index in [9.17, 15) is 0 Å². The van der Waals surface area contributed by atoms with E-state index in [1.807, 2.05) is 12.1 Å². The smallest absolute Gasteiger partial charge is 0.161 e. The topological polar surface area (TPSA) is 32.6 Å². The molecule has 0 aromatic heterocycles. The van der Waals surface area contributed by atoms with Crippen LogP contribution in [-0.4, -0.2) is 14.2 Å². The maximum Gasteiger partial charge on any atom is 0.161 e. The van der Waals surface area contributed by atoms with E-state index in [2.05, 4.69) is 5.32 Å². The first-order valence-corrected chi connectivity index (χ1v) is 4.22. The second-order valence-corrected chi connectivity index (χ2v) is 3.02. The third-order valence-electron chi connectivity index (χ3n) is 2.27. The van der Waals surface area contributed by atoms with Crippen LogP contribution in [0.25, 0.3) is 0 Å². The van der Waals surface area contributed by atoms with Gasteiger partial charge in [-0.15, -0.1) is 0 Å². The van der Waals surface area contributed by atoms with Crippen LogP contribution in [0.4, 0.5) is 0 Å². The van der Waals surface area contributed by atoms with Crippen molar-refractivity contribution in [2.24, 2.45) is 0 Å². The summed E-state index contributed by atoms with van der Waals surface area (Å²) in [6, 6.07) is 4.01. The summed E-state index contributed by atoms with van der Waals surface area (Å²) in [5, 5.41) is 4.29. The fourth-order valence-electron chi connectivity index (χ4n) is 1.55. The molecule has 0 spiro atoms. The highest BCUT2D eigenvalue weighted by molar-refractivity contribution is 5.48. The van der Waals surface area contributed by atoms with E-state index >= 15 is 0 Å². The van der Waals surface area contributed by atoms with Gasteiger partial charge in [0.15, 0.2) is 11.5 Å². The number of rotatable bonds is 2. The number of hydrogen-bond donors (Lipinski definition) is 0. The van der Waals surface area contributed by atoms with Crippen LogP contribution in [0.5, 0.6) is 11.5 Å². The number of hydrogen-bond acceptors (Lipinski definition) is 2. The molecular weight excluding hydrogens is 166 g/mol. The van der Waals surface area contributed by atoms with Gasteiger partial charge in [-0.05, 0) is 23.3 Å². The van der Waals surface area contributed by atoms with Gasteiger partial charge < -0.3 is 9.47 Å². The van der Waals surface area contributed by atoms with E-state index in [-0.39, 0.29) is 0 Å². The van der Waals surface area contributed by atoms with Gasteiger partial charge in [-0.25, -0.2) is 5.32 Å². The van der Waals surface area contributed by atoms with E-state index in [0.717, 1.165) is 24.6 Å². The lowest BCUT2D eigenvalue weighted by Crippen LogP contribution is -1.93. The van der Waals surface area contributed by atoms with Crippen molar-refractivity contribution in [1.82, 2.24) is 5.32 Å². The molecular formula is C10H12NO2. The minimum Gasteiger partial charge on any atom is -0.493 e. The van der Waals surface area contributed by atoms with Gasteiger partial charge >= 0.3 is 0 Å². The third kappa shape index (κ3) is 1.35. The van der Waals surface area contributed by atoms with Crippen LogP contribution in [0.15, 0.2) is 12.1 Å². The zero-order valence-corrected chi connectivity index (χ0v) is 7.83. The molecule has 0 aliphatic carbocycles. The summed E-state index contributed by atoms with van der Waals surface area (Å²) in [6.07, 6.45) is 0. The lowest BCUT2D eigenvalue weighted by atomic mass is 10.1. The summed E-state index contributed by atoms with van der Waals surface area (Å²) in [7, 11) is 3.30. The van der Waals surface area contributed by atoms with Gasteiger partial charge in [0.1, 0.15) is 0 Å². The number of fused-ring (bicyclic) bond motifs is 1. The summed E-state index contributed by atoms with van der Waals surface area (Å²) in [6.45, 7) is 1.60. The molecule has 0 bridgehead atoms. The molecule has 0 N–H and O–H groups in total. The largest absolute Gasteiger partial charge is 0.493 e. The summed E-state index contributed by atoms with van der Waals surface area (Å²) in [4.78, 5) is 0. The molecule has 13 heavy (non-hydrogen) atoms. The van der Waals surface area contributed by atoms with Crippen molar-refractivity contribution < 1.29 is 9.47 Å². The molecule has 1 radical (unpaired) electrons. The molecule has 1 heterocycles. The van der Waals surface area contributed by atoms with E-state index in [0.29, 0.717) is 0 Å². The van der Waals surface area contributed by atoms with Crippen molar-refractivity contribution in [2.75, 3.05) is 14.2 Å². The van der Waals surface area contributed by atoms with Crippen LogP contribution in [0, 0.1) is 0 Å². The second kappa shape index (κ2) is 3.26. The zero-order valence-electron chi connectivity index (χ0n) is 7.83. The molecule has 0 saturated heterocycles. The Morgan fingerprint density at radius 3 is 1.85 bits per heavy atom. The monoisotopic (exact) mass is 178 g/mol. The Labute approximate surface area is 77.7 Å². The van der Waals surface area contributed by atoms with E-state index in [4.69, 9.17) is 9.47 Å². The van der Waals surface area contributed by atoms with E-state index in [1.165, 1.54) is 11.1 Å². The second-order valence-electron chi connectivity index (χ2n) is 3.02. The molecule has 1 aliphatic heterocycles. The van der Waals surface area contributed by atoms with Crippen LogP contribution < -0.4 is 14.8 Å². The van der Waals surface area contributed by atoms with Crippen molar-refractivity contribution in [2.45, 2.75) is 13.1 Å². The van der Waals surface area contributed by atoms with Gasteiger partial charge in [-0.1, -0.05) is 0 Å². The van der Waals surface area contributed by atoms with Gasteiger partial charge in [0.05, 0.1) is 14.2 Å². The first kappa shape index (κ1) is 8.38. The molecule has 0 unspecified atom stereocenters. The fourth-order valence-corrected chi connectivity index (χ4v) is 1.55. The van der Waals surface area contributed by atoms with Crippen molar-refractivity contribution in [3.8, 4) is 11.5 Å². The van der Waals surface area contributed by atoms with Crippen LogP contribution in [0.3, 0.4) is 0 Å². The minimum absolute atomic E-state index is 0.790. The average Bonchev–Trinajstić information content (AvgIpc) is 2.62. The fraction of sp³-hybridized carbons (Fsp3) is 0.400. The van der Waals surface area contributed by atoms with Gasteiger partial charge in [0, 0.05) is 13.1 Å². The Bertz CT molecular complexity index is 292. The maximum atomic E-state index is 5.19. The molecule has 0 saturated carbocycles. The number of benzene rings is 1. The molecule has 1 aromatic rings. The van der Waals surface area contributed by atoms with Crippen LogP contribution in [-0.2, 0) is 13.1 Å². The summed E-state index contributed by atoms with van der Waals surface area (Å²) in [5.74, 6) is 1.58. The first-order chi connectivity index (χ1) is 6.35. The standard InChI is InChI=1S/C10H12NO2/c1-12-9-3-7-5-11-6-8(7)4-10(9)13-2/h3-4H,5-6H2,1-2H3. The molecule has 0 amide bonds. The Hall–Kier alpha value is -1.22. The van der Waals surface area contributed by atoms with E-state index < -0.39 is 0 Å². The summed E-state index contributed by atoms with van der Waals surface area (Å²) >= 11 is 0. The van der Waals surface area contributed by atoms with Crippen LogP contribution in [0.2, 0.25) is 0 Å². The SMILES string of the molecule is COc1cc2c(cc1OC)C[N]C2. The third-order valence-corrected chi connectivity index (χ3v) is 2.27. The lowest BCUT2D eigenvalue weighted by molar-refractivity contribution is 0.354. The maximum absolute atomic E-state index is 5.19. The average molecular weight is 178 g/mol. The number of methoxy groups -OCH3 is 2. The highest BCUT2D eigenvalue weighted by Crippen LogP contribution is 2.32. The zero-order chi connectivity index (χ0) is 9.26. The summed E-state index contributed by atoms with van der Waals surface area (Å²) < 4.78 is 10.4. The van der Waals surface area contributed by atoms with Gasteiger partial charge in [0.2, 0.25) is 0 Å². The Morgan fingerprint density at radius 2 is 1.46 bits per heavy atom. The van der Waals surface area contributed by atoms with Crippen molar-refractivity contribution in [1.29, 1.82) is 0 Å². The Balaban J connectivity index is 2.47. The van der Waals surface area contributed by atoms with E-state index in [1.54, 1.807) is 14.2 Å². The molecule has 1 aliphatic rings. The van der Waals surface area contributed by atoms with Crippen molar-refractivity contribution in [3.63, 3.8) is 0 Å². The van der Waals surface area contributed by atoms with Gasteiger partial charge in [-0.3, -0.25) is 0 Å². The Morgan fingerprint density at radius 1 is 1.00 bits per heavy atom. The van der Waals surface area contributed by atoms with Crippen LogP contribution >= 0.6 is 0 Å². The number of nitrogens with zero attached hydrogens (tertiary/aromatic N) is 1. The molecule has 69 valence electrons. The van der Waals surface area contributed by atoms with Gasteiger partial charge in [-0.2, -0.15) is 0 Å². The first-order valence-electron chi connectivity index (χ1n) is 4.22. The van der Waals surface area contributed by atoms with Crippen molar-refractivity contribution >= 4 is 0 Å². The normalized spacial score (nSPS) is 14.0. The molecule has 2 rings (SSSR count). The highest BCUT2D eigenvalue weighted by atomic mass is 16.5. The van der Waals surface area contributed by atoms with Crippen molar-refractivity contribution in [3.05, 3.63) is 23.3 Å². The Kier molecular flexibility index (Phi) is 2.10. The quantitative estimate of drug-likeness (QED) is 0.684. The van der Waals surface area contributed by atoms with Crippen LogP contribution in [0.1, 0.15) is 11.1 Å². The molecule has 3 nitrogen and oxygen atoms in total. The molecule has 3 heteroatoms.